The monoisotopic (exact) mass is 360 g/mol. The Labute approximate surface area is 154 Å². The van der Waals surface area contributed by atoms with Crippen molar-refractivity contribution in [2.75, 3.05) is 26.7 Å². The summed E-state index contributed by atoms with van der Waals surface area (Å²) >= 11 is 0. The summed E-state index contributed by atoms with van der Waals surface area (Å²) in [5, 5.41) is 3.16. The summed E-state index contributed by atoms with van der Waals surface area (Å²) in [6, 6.07) is 3.86. The standard InChI is InChI=1S/C19H28N4O3/c1-26-19(25)23-11-3-2-4-17(23)18(24)21-16-7-12-22(13-8-16)14-15-5-9-20-10-6-15/h5-6,9-10,16-17H,2-4,7-8,11-14H2,1H3,(H,21,24)/t17-/m0/s1. The molecule has 1 aromatic heterocycles. The number of amides is 2. The Morgan fingerprint density at radius 1 is 1.15 bits per heavy atom. The van der Waals surface area contributed by atoms with Gasteiger partial charge in [0.15, 0.2) is 0 Å². The number of hydrogen-bond donors (Lipinski definition) is 1. The molecule has 0 radical (unpaired) electrons. The normalized spacial score (nSPS) is 22.0. The van der Waals surface area contributed by atoms with E-state index >= 15 is 0 Å². The molecule has 3 heterocycles. The number of ether oxygens (including phenoxy) is 1. The molecule has 1 N–H and O–H groups in total. The van der Waals surface area contributed by atoms with Crippen LogP contribution in [0.4, 0.5) is 4.79 Å². The lowest BCUT2D eigenvalue weighted by atomic mass is 9.99. The molecule has 2 fully saturated rings. The van der Waals surface area contributed by atoms with Crippen molar-refractivity contribution in [1.29, 1.82) is 0 Å². The van der Waals surface area contributed by atoms with Crippen molar-refractivity contribution in [1.82, 2.24) is 20.1 Å². The fourth-order valence-corrected chi connectivity index (χ4v) is 3.82. The van der Waals surface area contributed by atoms with E-state index in [9.17, 15) is 9.59 Å². The highest BCUT2D eigenvalue weighted by Crippen LogP contribution is 2.19. The van der Waals surface area contributed by atoms with Crippen LogP contribution in [0.1, 0.15) is 37.7 Å². The van der Waals surface area contributed by atoms with E-state index in [0.29, 0.717) is 13.0 Å². The lowest BCUT2D eigenvalue weighted by molar-refractivity contribution is -0.128. The number of hydrogen-bond acceptors (Lipinski definition) is 5. The van der Waals surface area contributed by atoms with Crippen LogP contribution in [0.2, 0.25) is 0 Å². The molecule has 0 aliphatic carbocycles. The summed E-state index contributed by atoms with van der Waals surface area (Å²) in [6.45, 7) is 3.42. The molecule has 0 bridgehead atoms. The van der Waals surface area contributed by atoms with Crippen LogP contribution in [0.15, 0.2) is 24.5 Å². The van der Waals surface area contributed by atoms with E-state index in [-0.39, 0.29) is 11.9 Å². The molecule has 0 spiro atoms. The van der Waals surface area contributed by atoms with Crippen LogP contribution in [-0.4, -0.2) is 65.6 Å². The zero-order valence-corrected chi connectivity index (χ0v) is 15.4. The van der Waals surface area contributed by atoms with E-state index in [0.717, 1.165) is 45.3 Å². The van der Waals surface area contributed by atoms with Crippen molar-refractivity contribution in [3.63, 3.8) is 0 Å². The number of carbonyl (C=O) groups excluding carboxylic acids is 2. The van der Waals surface area contributed by atoms with Gasteiger partial charge >= 0.3 is 6.09 Å². The molecule has 7 nitrogen and oxygen atoms in total. The van der Waals surface area contributed by atoms with Gasteiger partial charge in [-0.2, -0.15) is 0 Å². The van der Waals surface area contributed by atoms with Gasteiger partial charge in [0, 0.05) is 44.6 Å². The predicted molar refractivity (Wildman–Crippen MR) is 97.4 cm³/mol. The minimum atomic E-state index is -0.406. The molecule has 1 aromatic rings. The summed E-state index contributed by atoms with van der Waals surface area (Å²) in [7, 11) is 1.37. The molecule has 0 unspecified atom stereocenters. The number of aromatic nitrogens is 1. The van der Waals surface area contributed by atoms with Gasteiger partial charge in [-0.3, -0.25) is 19.6 Å². The smallest absolute Gasteiger partial charge is 0.410 e. The predicted octanol–water partition coefficient (Wildman–Crippen LogP) is 1.78. The number of likely N-dealkylation sites (tertiary alicyclic amines) is 2. The Morgan fingerprint density at radius 3 is 2.58 bits per heavy atom. The van der Waals surface area contributed by atoms with E-state index in [4.69, 9.17) is 4.74 Å². The second-order valence-corrected chi connectivity index (χ2v) is 7.09. The molecule has 2 amide bonds. The quantitative estimate of drug-likeness (QED) is 0.886. The van der Waals surface area contributed by atoms with Crippen LogP contribution >= 0.6 is 0 Å². The number of nitrogens with zero attached hydrogens (tertiary/aromatic N) is 3. The van der Waals surface area contributed by atoms with E-state index < -0.39 is 12.1 Å². The minimum absolute atomic E-state index is 0.0392. The number of carbonyl (C=O) groups is 2. The molecule has 2 aliphatic heterocycles. The van der Waals surface area contributed by atoms with Crippen molar-refractivity contribution in [3.05, 3.63) is 30.1 Å². The summed E-state index contributed by atoms with van der Waals surface area (Å²) in [6.07, 6.45) is 7.70. The van der Waals surface area contributed by atoms with Crippen LogP contribution in [0.25, 0.3) is 0 Å². The highest BCUT2D eigenvalue weighted by Gasteiger charge is 2.34. The molecule has 26 heavy (non-hydrogen) atoms. The summed E-state index contributed by atoms with van der Waals surface area (Å²) in [5.74, 6) is -0.0392. The number of pyridine rings is 1. The van der Waals surface area contributed by atoms with Crippen molar-refractivity contribution < 1.29 is 14.3 Å². The summed E-state index contributed by atoms with van der Waals surface area (Å²) in [4.78, 5) is 32.6. The third kappa shape index (κ3) is 4.72. The van der Waals surface area contributed by atoms with Crippen LogP contribution < -0.4 is 5.32 Å². The molecular weight excluding hydrogens is 332 g/mol. The largest absolute Gasteiger partial charge is 0.453 e. The Kier molecular flexibility index (Phi) is 6.44. The van der Waals surface area contributed by atoms with Crippen LogP contribution in [0, 0.1) is 0 Å². The number of rotatable bonds is 4. The lowest BCUT2D eigenvalue weighted by Gasteiger charge is -2.36. The van der Waals surface area contributed by atoms with E-state index in [2.05, 4.69) is 15.2 Å². The second kappa shape index (κ2) is 8.98. The molecule has 3 rings (SSSR count). The van der Waals surface area contributed by atoms with Crippen LogP contribution in [-0.2, 0) is 16.1 Å². The Hall–Kier alpha value is -2.15. The molecule has 7 heteroatoms. The summed E-state index contributed by atoms with van der Waals surface area (Å²) in [5.41, 5.74) is 1.26. The minimum Gasteiger partial charge on any atom is -0.453 e. The van der Waals surface area contributed by atoms with E-state index in [1.807, 2.05) is 24.5 Å². The first kappa shape index (κ1) is 18.6. The Balaban J connectivity index is 1.47. The Bertz CT molecular complexity index is 602. The molecule has 0 aromatic carbocycles. The molecule has 2 aliphatic rings. The molecule has 142 valence electrons. The van der Waals surface area contributed by atoms with Crippen molar-refractivity contribution in [3.8, 4) is 0 Å². The maximum atomic E-state index is 12.7. The van der Waals surface area contributed by atoms with Gasteiger partial charge in [0.05, 0.1) is 7.11 Å². The average molecular weight is 360 g/mol. The van der Waals surface area contributed by atoms with E-state index in [1.54, 1.807) is 4.90 Å². The molecular formula is C19H28N4O3. The highest BCUT2D eigenvalue weighted by atomic mass is 16.5. The third-order valence-corrected chi connectivity index (χ3v) is 5.30. The van der Waals surface area contributed by atoms with Crippen molar-refractivity contribution in [2.24, 2.45) is 0 Å². The topological polar surface area (TPSA) is 74.8 Å². The second-order valence-electron chi connectivity index (χ2n) is 7.09. The van der Waals surface area contributed by atoms with Crippen LogP contribution in [0.3, 0.4) is 0 Å². The first-order chi connectivity index (χ1) is 12.7. The maximum absolute atomic E-state index is 12.7. The fraction of sp³-hybridized carbons (Fsp3) is 0.632. The SMILES string of the molecule is COC(=O)N1CCCC[C@H]1C(=O)NC1CCN(Cc2ccncc2)CC1. The first-order valence-corrected chi connectivity index (χ1v) is 9.43. The van der Waals surface area contributed by atoms with Gasteiger partial charge in [0.25, 0.3) is 0 Å². The van der Waals surface area contributed by atoms with Crippen molar-refractivity contribution in [2.45, 2.75) is 50.7 Å². The van der Waals surface area contributed by atoms with Gasteiger partial charge in [-0.05, 0) is 49.8 Å². The third-order valence-electron chi connectivity index (χ3n) is 5.30. The zero-order valence-electron chi connectivity index (χ0n) is 15.4. The van der Waals surface area contributed by atoms with Crippen LogP contribution in [0.5, 0.6) is 0 Å². The van der Waals surface area contributed by atoms with E-state index in [1.165, 1.54) is 12.7 Å². The number of methoxy groups -OCH3 is 1. The number of piperidine rings is 2. The molecule has 2 saturated heterocycles. The average Bonchev–Trinajstić information content (AvgIpc) is 2.69. The van der Waals surface area contributed by atoms with Gasteiger partial charge < -0.3 is 10.1 Å². The van der Waals surface area contributed by atoms with Gasteiger partial charge in [-0.1, -0.05) is 0 Å². The first-order valence-electron chi connectivity index (χ1n) is 9.43. The van der Waals surface area contributed by atoms with Gasteiger partial charge in [-0.15, -0.1) is 0 Å². The molecule has 0 saturated carbocycles. The fourth-order valence-electron chi connectivity index (χ4n) is 3.82. The molecule has 1 atom stereocenters. The lowest BCUT2D eigenvalue weighted by Crippen LogP contribution is -2.55. The highest BCUT2D eigenvalue weighted by molar-refractivity contribution is 5.86. The Morgan fingerprint density at radius 2 is 1.88 bits per heavy atom. The van der Waals surface area contributed by atoms with Crippen molar-refractivity contribution >= 4 is 12.0 Å². The van der Waals surface area contributed by atoms with Gasteiger partial charge in [0.1, 0.15) is 6.04 Å². The zero-order chi connectivity index (χ0) is 18.4. The van der Waals surface area contributed by atoms with Gasteiger partial charge in [-0.25, -0.2) is 4.79 Å². The van der Waals surface area contributed by atoms with Gasteiger partial charge in [0.2, 0.25) is 5.91 Å². The maximum Gasteiger partial charge on any atom is 0.410 e. The summed E-state index contributed by atoms with van der Waals surface area (Å²) < 4.78 is 4.83. The number of nitrogens with one attached hydrogen (secondary N) is 1.